The molecule has 0 amide bonds. The molecule has 2 unspecified atom stereocenters. The highest BCUT2D eigenvalue weighted by Gasteiger charge is 2.21. The number of aliphatic imine (C=N–C) groups is 1. The van der Waals surface area contributed by atoms with Gasteiger partial charge in [-0.2, -0.15) is 11.8 Å². The second-order valence-corrected chi connectivity index (χ2v) is 6.27. The molecule has 0 saturated heterocycles. The largest absolute Gasteiger partial charge is 0.362 e. The molecule has 0 radical (unpaired) electrons. The van der Waals surface area contributed by atoms with Crippen LogP contribution in [0.15, 0.2) is 35.3 Å². The summed E-state index contributed by atoms with van der Waals surface area (Å²) in [5.41, 5.74) is 1.37. The van der Waals surface area contributed by atoms with Crippen molar-refractivity contribution in [2.24, 2.45) is 4.99 Å². The molecule has 0 fully saturated rings. The molecule has 1 aromatic carbocycles. The first-order valence-corrected chi connectivity index (χ1v) is 8.08. The highest BCUT2D eigenvalue weighted by Crippen LogP contribution is 2.34. The summed E-state index contributed by atoms with van der Waals surface area (Å²) < 4.78 is 0. The summed E-state index contributed by atoms with van der Waals surface area (Å²) in [6, 6.07) is 11.1. The van der Waals surface area contributed by atoms with Crippen LogP contribution in [0.25, 0.3) is 0 Å². The van der Waals surface area contributed by atoms with Crippen molar-refractivity contribution in [1.82, 2.24) is 5.32 Å². The van der Waals surface area contributed by atoms with E-state index in [9.17, 15) is 0 Å². The smallest absolute Gasteiger partial charge is 0.157 e. The molecule has 92 valence electrons. The summed E-state index contributed by atoms with van der Waals surface area (Å²) >= 11 is 3.71. The van der Waals surface area contributed by atoms with Crippen LogP contribution in [0, 0.1) is 0 Å². The standard InChI is InChI=1S/C13H18N2S2/c1-10(9-16-2)15-13-14-8-12(17-13)11-6-4-3-5-7-11/h3-7,10,12H,8-9H2,1-2H3,(H,14,15). The van der Waals surface area contributed by atoms with Crippen molar-refractivity contribution in [3.05, 3.63) is 35.9 Å². The van der Waals surface area contributed by atoms with E-state index in [-0.39, 0.29) is 0 Å². The lowest BCUT2D eigenvalue weighted by atomic mass is 10.1. The van der Waals surface area contributed by atoms with Crippen molar-refractivity contribution in [2.45, 2.75) is 18.2 Å². The third kappa shape index (κ3) is 3.68. The van der Waals surface area contributed by atoms with Crippen LogP contribution in [0.2, 0.25) is 0 Å². The van der Waals surface area contributed by atoms with Crippen LogP contribution >= 0.6 is 23.5 Å². The number of hydrogen-bond donors (Lipinski definition) is 1. The van der Waals surface area contributed by atoms with E-state index in [1.165, 1.54) is 5.56 Å². The molecule has 1 heterocycles. The van der Waals surface area contributed by atoms with E-state index in [1.54, 1.807) is 0 Å². The average molecular weight is 266 g/mol. The number of nitrogens with zero attached hydrogens (tertiary/aromatic N) is 1. The molecule has 1 N–H and O–H groups in total. The van der Waals surface area contributed by atoms with Gasteiger partial charge in [-0.05, 0) is 18.7 Å². The molecular weight excluding hydrogens is 248 g/mol. The molecule has 0 bridgehead atoms. The number of thioether (sulfide) groups is 2. The van der Waals surface area contributed by atoms with Crippen molar-refractivity contribution in [3.63, 3.8) is 0 Å². The van der Waals surface area contributed by atoms with Gasteiger partial charge >= 0.3 is 0 Å². The second-order valence-electron chi connectivity index (χ2n) is 4.16. The Morgan fingerprint density at radius 1 is 1.47 bits per heavy atom. The third-order valence-corrected chi connectivity index (χ3v) is 4.62. The number of amidine groups is 1. The van der Waals surface area contributed by atoms with Gasteiger partial charge in [0.2, 0.25) is 0 Å². The van der Waals surface area contributed by atoms with Gasteiger partial charge < -0.3 is 5.32 Å². The molecule has 0 spiro atoms. The Labute approximate surface area is 112 Å². The SMILES string of the molecule is CSCC(C)NC1=NCC(c2ccccc2)S1. The fourth-order valence-corrected chi connectivity index (χ4v) is 3.51. The Bertz CT molecular complexity index is 378. The molecule has 2 atom stereocenters. The predicted molar refractivity (Wildman–Crippen MR) is 80.1 cm³/mol. The molecule has 2 nitrogen and oxygen atoms in total. The molecule has 2 rings (SSSR count). The molecule has 4 heteroatoms. The molecule has 1 aromatic rings. The maximum absolute atomic E-state index is 4.57. The molecule has 0 aliphatic carbocycles. The fourth-order valence-electron chi connectivity index (χ4n) is 1.80. The fraction of sp³-hybridized carbons (Fsp3) is 0.462. The lowest BCUT2D eigenvalue weighted by Gasteiger charge is -2.14. The monoisotopic (exact) mass is 266 g/mol. The van der Waals surface area contributed by atoms with Gasteiger partial charge in [0.1, 0.15) is 0 Å². The van der Waals surface area contributed by atoms with Crippen molar-refractivity contribution >= 4 is 28.7 Å². The molecule has 1 aliphatic rings. The average Bonchev–Trinajstić information content (AvgIpc) is 2.79. The molecule has 17 heavy (non-hydrogen) atoms. The van der Waals surface area contributed by atoms with Crippen LogP contribution in [0.4, 0.5) is 0 Å². The molecule has 0 aromatic heterocycles. The number of hydrogen-bond acceptors (Lipinski definition) is 4. The van der Waals surface area contributed by atoms with Crippen LogP contribution in [-0.4, -0.2) is 29.8 Å². The maximum atomic E-state index is 4.57. The molecular formula is C13H18N2S2. The highest BCUT2D eigenvalue weighted by molar-refractivity contribution is 8.14. The Morgan fingerprint density at radius 2 is 2.24 bits per heavy atom. The van der Waals surface area contributed by atoms with Crippen LogP contribution in [0.3, 0.4) is 0 Å². The van der Waals surface area contributed by atoms with Gasteiger partial charge in [0, 0.05) is 11.8 Å². The lowest BCUT2D eigenvalue weighted by molar-refractivity contribution is 0.750. The minimum absolute atomic E-state index is 0.486. The third-order valence-electron chi connectivity index (χ3n) is 2.61. The van der Waals surface area contributed by atoms with E-state index in [2.05, 4.69) is 53.8 Å². The zero-order chi connectivity index (χ0) is 12.1. The van der Waals surface area contributed by atoms with E-state index >= 15 is 0 Å². The Hall–Kier alpha value is -0.610. The van der Waals surface area contributed by atoms with E-state index in [4.69, 9.17) is 0 Å². The zero-order valence-corrected chi connectivity index (χ0v) is 11.9. The van der Waals surface area contributed by atoms with Crippen molar-refractivity contribution < 1.29 is 0 Å². The van der Waals surface area contributed by atoms with E-state index in [1.807, 2.05) is 23.5 Å². The second kappa shape index (κ2) is 6.36. The van der Waals surface area contributed by atoms with Crippen LogP contribution in [-0.2, 0) is 0 Å². The summed E-state index contributed by atoms with van der Waals surface area (Å²) in [4.78, 5) is 4.57. The Balaban J connectivity index is 1.86. The number of nitrogens with one attached hydrogen (secondary N) is 1. The van der Waals surface area contributed by atoms with Crippen molar-refractivity contribution in [3.8, 4) is 0 Å². The summed E-state index contributed by atoms with van der Waals surface area (Å²) in [6.07, 6.45) is 2.13. The number of rotatable bonds is 4. The summed E-state index contributed by atoms with van der Waals surface area (Å²) in [7, 11) is 0. The maximum Gasteiger partial charge on any atom is 0.157 e. The van der Waals surface area contributed by atoms with Crippen LogP contribution in [0.1, 0.15) is 17.7 Å². The summed E-state index contributed by atoms with van der Waals surface area (Å²) in [5, 5.41) is 5.06. The Kier molecular flexibility index (Phi) is 4.80. The number of benzene rings is 1. The van der Waals surface area contributed by atoms with Gasteiger partial charge in [-0.15, -0.1) is 0 Å². The lowest BCUT2D eigenvalue weighted by Crippen LogP contribution is -2.31. The van der Waals surface area contributed by atoms with E-state index in [0.717, 1.165) is 17.5 Å². The predicted octanol–water partition coefficient (Wildman–Crippen LogP) is 3.17. The minimum atomic E-state index is 0.486. The Morgan fingerprint density at radius 3 is 2.94 bits per heavy atom. The van der Waals surface area contributed by atoms with Crippen LogP contribution in [0.5, 0.6) is 0 Å². The summed E-state index contributed by atoms with van der Waals surface area (Å²) in [5.74, 6) is 1.12. The van der Waals surface area contributed by atoms with Crippen molar-refractivity contribution in [2.75, 3.05) is 18.6 Å². The van der Waals surface area contributed by atoms with Gasteiger partial charge in [-0.25, -0.2) is 0 Å². The van der Waals surface area contributed by atoms with Crippen molar-refractivity contribution in [1.29, 1.82) is 0 Å². The van der Waals surface area contributed by atoms with Gasteiger partial charge in [0.25, 0.3) is 0 Å². The normalized spacial score (nSPS) is 21.1. The quantitative estimate of drug-likeness (QED) is 0.906. The van der Waals surface area contributed by atoms with Gasteiger partial charge in [-0.3, -0.25) is 4.99 Å². The first-order valence-electron chi connectivity index (χ1n) is 5.81. The summed E-state index contributed by atoms with van der Waals surface area (Å²) in [6.45, 7) is 3.10. The van der Waals surface area contributed by atoms with E-state index in [0.29, 0.717) is 11.3 Å². The molecule has 0 saturated carbocycles. The van der Waals surface area contributed by atoms with E-state index < -0.39 is 0 Å². The van der Waals surface area contributed by atoms with Gasteiger partial charge in [0.15, 0.2) is 5.17 Å². The molecule has 1 aliphatic heterocycles. The minimum Gasteiger partial charge on any atom is -0.362 e. The first kappa shape index (κ1) is 12.8. The van der Waals surface area contributed by atoms with Crippen LogP contribution < -0.4 is 5.32 Å². The first-order chi connectivity index (χ1) is 8.29. The highest BCUT2D eigenvalue weighted by atomic mass is 32.2. The van der Waals surface area contributed by atoms with Gasteiger partial charge in [0.05, 0.1) is 11.8 Å². The zero-order valence-electron chi connectivity index (χ0n) is 10.2. The topological polar surface area (TPSA) is 24.4 Å². The van der Waals surface area contributed by atoms with Gasteiger partial charge in [-0.1, -0.05) is 42.1 Å².